The number of hydrogen-bond acceptors (Lipinski definition) is 2. The van der Waals surface area contributed by atoms with Crippen LogP contribution in [0, 0.1) is 6.92 Å². The molecule has 0 aliphatic heterocycles. The van der Waals surface area contributed by atoms with Crippen LogP contribution in [0.2, 0.25) is 0 Å². The Morgan fingerprint density at radius 2 is 1.86 bits per heavy atom. The zero-order valence-corrected chi connectivity index (χ0v) is 16.8. The molecule has 0 radical (unpaired) electrons. The van der Waals surface area contributed by atoms with Crippen LogP contribution >= 0.6 is 0 Å². The average Bonchev–Trinajstić information content (AvgIpc) is 3.26. The van der Waals surface area contributed by atoms with Crippen molar-refractivity contribution >= 4 is 16.9 Å². The van der Waals surface area contributed by atoms with Crippen molar-refractivity contribution in [2.24, 2.45) is 0 Å². The van der Waals surface area contributed by atoms with E-state index in [0.29, 0.717) is 18.7 Å². The number of aromatic nitrogens is 1. The lowest BCUT2D eigenvalue weighted by Crippen LogP contribution is -2.45. The minimum atomic E-state index is -0.125. The maximum atomic E-state index is 13.0. The maximum Gasteiger partial charge on any atom is 0.318 e. The number of fused-ring (bicyclic) bond motifs is 1. The molecule has 1 heterocycles. The number of amides is 2. The number of benzene rings is 2. The molecule has 0 bridgehead atoms. The summed E-state index contributed by atoms with van der Waals surface area (Å²) in [5, 5.41) is 4.03. The van der Waals surface area contributed by atoms with Gasteiger partial charge in [-0.3, -0.25) is 4.79 Å². The quantitative estimate of drug-likeness (QED) is 0.675. The molecular weight excluding hydrogens is 362 g/mol. The Morgan fingerprint density at radius 3 is 2.62 bits per heavy atom. The number of carbonyl (C=O) groups excluding carboxylic acids is 1. The van der Waals surface area contributed by atoms with Gasteiger partial charge in [-0.15, -0.1) is 0 Å². The molecule has 1 aliphatic rings. The van der Waals surface area contributed by atoms with Gasteiger partial charge >= 0.3 is 6.03 Å². The van der Waals surface area contributed by atoms with Crippen molar-refractivity contribution in [2.75, 3.05) is 0 Å². The number of carbonyl (C=O) groups is 1. The molecule has 1 saturated carbocycles. The number of aryl methyl sites for hydroxylation is 1. The Balaban J connectivity index is 1.57. The van der Waals surface area contributed by atoms with Gasteiger partial charge in [-0.25, -0.2) is 4.79 Å². The second-order valence-electron chi connectivity index (χ2n) is 7.92. The van der Waals surface area contributed by atoms with Gasteiger partial charge < -0.3 is 15.2 Å². The Hall–Kier alpha value is -3.08. The van der Waals surface area contributed by atoms with Crippen LogP contribution in [0.25, 0.3) is 10.9 Å². The van der Waals surface area contributed by atoms with E-state index < -0.39 is 0 Å². The van der Waals surface area contributed by atoms with Gasteiger partial charge in [0.1, 0.15) is 0 Å². The number of pyridine rings is 1. The van der Waals surface area contributed by atoms with Crippen LogP contribution in [-0.2, 0) is 13.1 Å². The first-order valence-corrected chi connectivity index (χ1v) is 10.3. The van der Waals surface area contributed by atoms with Crippen LogP contribution in [0.15, 0.2) is 59.4 Å². The molecule has 4 rings (SSSR count). The molecule has 0 atom stereocenters. The molecule has 150 valence electrons. The van der Waals surface area contributed by atoms with Crippen molar-refractivity contribution in [1.82, 2.24) is 15.2 Å². The van der Waals surface area contributed by atoms with Crippen molar-refractivity contribution in [3.05, 3.63) is 81.6 Å². The van der Waals surface area contributed by atoms with Crippen molar-refractivity contribution in [1.29, 1.82) is 0 Å². The molecule has 2 aromatic carbocycles. The molecule has 1 fully saturated rings. The summed E-state index contributed by atoms with van der Waals surface area (Å²) in [6.45, 7) is 2.84. The van der Waals surface area contributed by atoms with Crippen LogP contribution in [0.3, 0.4) is 0 Å². The molecular formula is C24H27N3O2. The summed E-state index contributed by atoms with van der Waals surface area (Å²) in [6, 6.07) is 17.9. The minimum absolute atomic E-state index is 0.107. The smallest absolute Gasteiger partial charge is 0.318 e. The summed E-state index contributed by atoms with van der Waals surface area (Å²) >= 11 is 0. The predicted octanol–water partition coefficient (Wildman–Crippen LogP) is 4.49. The summed E-state index contributed by atoms with van der Waals surface area (Å²) in [5.41, 5.74) is 3.53. The molecule has 1 aliphatic carbocycles. The molecule has 5 heteroatoms. The Labute approximate surface area is 170 Å². The zero-order valence-electron chi connectivity index (χ0n) is 16.8. The van der Waals surface area contributed by atoms with E-state index in [1.165, 1.54) is 0 Å². The molecule has 1 aromatic heterocycles. The fourth-order valence-corrected chi connectivity index (χ4v) is 4.13. The number of urea groups is 1. The Bertz CT molecular complexity index is 1050. The fourth-order valence-electron chi connectivity index (χ4n) is 4.13. The molecule has 0 saturated heterocycles. The third kappa shape index (κ3) is 4.50. The molecule has 2 amide bonds. The number of rotatable bonds is 5. The Morgan fingerprint density at radius 1 is 1.10 bits per heavy atom. The minimum Gasteiger partial charge on any atom is -0.334 e. The molecule has 0 unspecified atom stereocenters. The lowest BCUT2D eigenvalue weighted by molar-refractivity contribution is 0.170. The molecule has 3 aromatic rings. The molecule has 29 heavy (non-hydrogen) atoms. The lowest BCUT2D eigenvalue weighted by Gasteiger charge is -2.29. The van der Waals surface area contributed by atoms with Crippen LogP contribution in [-0.4, -0.2) is 22.0 Å². The van der Waals surface area contributed by atoms with Gasteiger partial charge in [0.05, 0.1) is 6.54 Å². The van der Waals surface area contributed by atoms with E-state index in [2.05, 4.69) is 16.4 Å². The first kappa shape index (κ1) is 19.2. The highest BCUT2D eigenvalue weighted by atomic mass is 16.2. The summed E-state index contributed by atoms with van der Waals surface area (Å²) in [5.74, 6) is 0. The van der Waals surface area contributed by atoms with Crippen molar-refractivity contribution in [2.45, 2.75) is 51.7 Å². The zero-order chi connectivity index (χ0) is 20.2. The third-order valence-electron chi connectivity index (χ3n) is 5.73. The van der Waals surface area contributed by atoms with E-state index in [9.17, 15) is 9.59 Å². The SMILES string of the molecule is Cc1ccc2[nH]c(=O)c(CN(C(=O)NCc3ccccc3)C3CCCC3)cc2c1. The second-order valence-corrected chi connectivity index (χ2v) is 7.92. The highest BCUT2D eigenvalue weighted by Gasteiger charge is 2.27. The van der Waals surface area contributed by atoms with E-state index in [-0.39, 0.29) is 17.6 Å². The van der Waals surface area contributed by atoms with Crippen LogP contribution in [0.1, 0.15) is 42.4 Å². The van der Waals surface area contributed by atoms with Crippen LogP contribution in [0.4, 0.5) is 4.79 Å². The second kappa shape index (κ2) is 8.52. The number of hydrogen-bond donors (Lipinski definition) is 2. The molecule has 5 nitrogen and oxygen atoms in total. The number of aromatic amines is 1. The first-order valence-electron chi connectivity index (χ1n) is 10.3. The lowest BCUT2D eigenvalue weighted by atomic mass is 10.1. The topological polar surface area (TPSA) is 65.2 Å². The first-order chi connectivity index (χ1) is 14.1. The van der Waals surface area contributed by atoms with Gasteiger partial charge in [0, 0.05) is 23.7 Å². The highest BCUT2D eigenvalue weighted by Crippen LogP contribution is 2.25. The predicted molar refractivity (Wildman–Crippen MR) is 116 cm³/mol. The van der Waals surface area contributed by atoms with Gasteiger partial charge in [-0.05, 0) is 48.9 Å². The summed E-state index contributed by atoms with van der Waals surface area (Å²) < 4.78 is 0. The highest BCUT2D eigenvalue weighted by molar-refractivity contribution is 5.80. The van der Waals surface area contributed by atoms with Crippen molar-refractivity contribution < 1.29 is 4.79 Å². The van der Waals surface area contributed by atoms with Crippen LogP contribution in [0.5, 0.6) is 0 Å². The molecule has 2 N–H and O–H groups in total. The molecule has 0 spiro atoms. The van der Waals surface area contributed by atoms with Gasteiger partial charge in [-0.2, -0.15) is 0 Å². The van der Waals surface area contributed by atoms with Crippen LogP contribution < -0.4 is 10.9 Å². The van der Waals surface area contributed by atoms with E-state index in [1.54, 1.807) is 0 Å². The van der Waals surface area contributed by atoms with Crippen molar-refractivity contribution in [3.63, 3.8) is 0 Å². The van der Waals surface area contributed by atoms with E-state index in [0.717, 1.165) is 47.7 Å². The number of nitrogens with one attached hydrogen (secondary N) is 2. The van der Waals surface area contributed by atoms with E-state index in [1.807, 2.05) is 60.4 Å². The average molecular weight is 389 g/mol. The normalized spacial score (nSPS) is 14.2. The number of H-pyrrole nitrogens is 1. The van der Waals surface area contributed by atoms with Gasteiger partial charge in [0.2, 0.25) is 0 Å². The van der Waals surface area contributed by atoms with Gasteiger partial charge in [0.15, 0.2) is 0 Å². The fraction of sp³-hybridized carbons (Fsp3) is 0.333. The van der Waals surface area contributed by atoms with Gasteiger partial charge in [-0.1, -0.05) is 54.8 Å². The summed E-state index contributed by atoms with van der Waals surface area (Å²) in [6.07, 6.45) is 4.23. The van der Waals surface area contributed by atoms with Crippen molar-refractivity contribution in [3.8, 4) is 0 Å². The standard InChI is InChI=1S/C24H27N3O2/c1-17-11-12-22-19(13-17)14-20(23(28)26-22)16-27(21-9-5-6-10-21)24(29)25-15-18-7-3-2-4-8-18/h2-4,7-8,11-14,21H,5-6,9-10,15-16H2,1H3,(H,25,29)(H,26,28). The summed E-state index contributed by atoms with van der Waals surface area (Å²) in [4.78, 5) is 30.5. The van der Waals surface area contributed by atoms with E-state index >= 15 is 0 Å². The third-order valence-corrected chi connectivity index (χ3v) is 5.73. The summed E-state index contributed by atoms with van der Waals surface area (Å²) in [7, 11) is 0. The Kier molecular flexibility index (Phi) is 5.65. The largest absolute Gasteiger partial charge is 0.334 e. The monoisotopic (exact) mass is 389 g/mol. The number of nitrogens with zero attached hydrogens (tertiary/aromatic N) is 1. The van der Waals surface area contributed by atoms with Gasteiger partial charge in [0.25, 0.3) is 5.56 Å². The van der Waals surface area contributed by atoms with E-state index in [4.69, 9.17) is 0 Å². The maximum absolute atomic E-state index is 13.0.